The van der Waals surface area contributed by atoms with Gasteiger partial charge < -0.3 is 25.8 Å². The second-order valence-corrected chi connectivity index (χ2v) is 10.0. The maximum absolute atomic E-state index is 13.1. The first kappa shape index (κ1) is 23.7. The van der Waals surface area contributed by atoms with E-state index < -0.39 is 6.10 Å². The Morgan fingerprint density at radius 2 is 1.80 bits per heavy atom. The van der Waals surface area contributed by atoms with Crippen molar-refractivity contribution < 1.29 is 14.6 Å². The van der Waals surface area contributed by atoms with Gasteiger partial charge >= 0.3 is 4.87 Å². The first-order valence-corrected chi connectivity index (χ1v) is 12.6. The van der Waals surface area contributed by atoms with E-state index in [1.807, 2.05) is 12.1 Å². The summed E-state index contributed by atoms with van der Waals surface area (Å²) < 4.78 is 13.7. The molecule has 6 nitrogen and oxygen atoms in total. The van der Waals surface area contributed by atoms with E-state index in [2.05, 4.69) is 39.9 Å². The predicted molar refractivity (Wildman–Crippen MR) is 136 cm³/mol. The van der Waals surface area contributed by atoms with Gasteiger partial charge in [-0.2, -0.15) is 0 Å². The largest absolute Gasteiger partial charge is 0.506 e. The quantitative estimate of drug-likeness (QED) is 0.216. The topological polar surface area (TPSA) is 97.4 Å². The molecule has 3 aromatic carbocycles. The Labute approximate surface area is 206 Å². The summed E-state index contributed by atoms with van der Waals surface area (Å²) in [6.07, 6.45) is 1.14. The van der Waals surface area contributed by atoms with Crippen LogP contribution in [0.4, 0.5) is 4.39 Å². The first-order chi connectivity index (χ1) is 17.0. The van der Waals surface area contributed by atoms with Crippen molar-refractivity contribution in [3.63, 3.8) is 0 Å². The smallest absolute Gasteiger partial charge is 0.305 e. The summed E-state index contributed by atoms with van der Waals surface area (Å²) in [6, 6.07) is 18.9. The Bertz CT molecular complexity index is 1350. The van der Waals surface area contributed by atoms with Crippen LogP contribution >= 0.6 is 11.3 Å². The van der Waals surface area contributed by atoms with Crippen molar-refractivity contribution in [3.05, 3.63) is 98.4 Å². The molecule has 5 N–H and O–H groups in total. The average molecular weight is 494 g/mol. The first-order valence-electron chi connectivity index (χ1n) is 11.8. The molecule has 0 spiro atoms. The maximum Gasteiger partial charge on any atom is 0.305 e. The number of aromatic nitrogens is 1. The lowest BCUT2D eigenvalue weighted by Crippen LogP contribution is -2.23. The Hall–Kier alpha value is -3.04. The van der Waals surface area contributed by atoms with E-state index in [9.17, 15) is 19.4 Å². The second-order valence-electron chi connectivity index (χ2n) is 9.06. The van der Waals surface area contributed by atoms with Crippen LogP contribution in [0.3, 0.4) is 0 Å². The summed E-state index contributed by atoms with van der Waals surface area (Å²) in [6.45, 7) is 1.87. The van der Waals surface area contributed by atoms with E-state index in [1.54, 1.807) is 6.07 Å². The maximum atomic E-state index is 13.1. The minimum Gasteiger partial charge on any atom is -0.506 e. The molecule has 3 atom stereocenters. The molecular weight excluding hydrogens is 465 g/mol. The molecule has 1 heterocycles. The van der Waals surface area contributed by atoms with Crippen LogP contribution in [-0.4, -0.2) is 34.3 Å². The molecule has 182 valence electrons. The number of phenolic OH excluding ortho intramolecular Hbond substituents is 1. The van der Waals surface area contributed by atoms with Crippen molar-refractivity contribution in [1.29, 1.82) is 0 Å². The summed E-state index contributed by atoms with van der Waals surface area (Å²) in [7, 11) is 0. The van der Waals surface area contributed by atoms with Gasteiger partial charge in [-0.3, -0.25) is 4.79 Å². The summed E-state index contributed by atoms with van der Waals surface area (Å²) >= 11 is 0.990. The third kappa shape index (κ3) is 5.62. The Morgan fingerprint density at radius 1 is 1.06 bits per heavy atom. The summed E-state index contributed by atoms with van der Waals surface area (Å²) in [4.78, 5) is 14.0. The van der Waals surface area contributed by atoms with E-state index >= 15 is 0 Å². The van der Waals surface area contributed by atoms with E-state index in [4.69, 9.17) is 0 Å². The fraction of sp³-hybridized carbons (Fsp3) is 0.296. The van der Waals surface area contributed by atoms with Crippen molar-refractivity contribution in [1.82, 2.24) is 15.6 Å². The third-order valence-electron chi connectivity index (χ3n) is 6.56. The SMILES string of the molecule is O=c1[nH]c2c(O)ccc([C@@H](O)CNCCc3ccc(CN[C@@H]4C[C@H]4c4ccc(F)cc4)cc3)c2s1. The summed E-state index contributed by atoms with van der Waals surface area (Å²) in [5.41, 5.74) is 4.63. The van der Waals surface area contributed by atoms with Gasteiger partial charge in [-0.05, 0) is 54.3 Å². The predicted octanol–water partition coefficient (Wildman–Crippen LogP) is 3.95. The van der Waals surface area contributed by atoms with Gasteiger partial charge in [0.25, 0.3) is 0 Å². The van der Waals surface area contributed by atoms with Crippen LogP contribution in [-0.2, 0) is 13.0 Å². The fourth-order valence-corrected chi connectivity index (χ4v) is 5.37. The molecular formula is C27H28FN3O3S. The third-order valence-corrected chi connectivity index (χ3v) is 7.49. The molecule has 1 aromatic heterocycles. The van der Waals surface area contributed by atoms with Crippen molar-refractivity contribution >= 4 is 21.6 Å². The number of aliphatic hydroxyl groups excluding tert-OH is 1. The molecule has 1 saturated carbocycles. The number of phenols is 1. The monoisotopic (exact) mass is 493 g/mol. The van der Waals surface area contributed by atoms with E-state index in [0.717, 1.165) is 30.7 Å². The van der Waals surface area contributed by atoms with Crippen LogP contribution in [0.15, 0.2) is 65.5 Å². The molecule has 1 fully saturated rings. The van der Waals surface area contributed by atoms with Crippen LogP contribution in [0.2, 0.25) is 0 Å². The molecule has 0 bridgehead atoms. The zero-order chi connectivity index (χ0) is 24.4. The van der Waals surface area contributed by atoms with E-state index in [0.29, 0.717) is 40.8 Å². The molecule has 0 unspecified atom stereocenters. The second kappa shape index (κ2) is 10.3. The number of aromatic amines is 1. The molecule has 35 heavy (non-hydrogen) atoms. The highest BCUT2D eigenvalue weighted by atomic mass is 32.1. The van der Waals surface area contributed by atoms with E-state index in [1.165, 1.54) is 34.9 Å². The van der Waals surface area contributed by atoms with Crippen LogP contribution in [0.25, 0.3) is 10.2 Å². The number of benzene rings is 3. The molecule has 1 aliphatic carbocycles. The molecule has 1 aliphatic rings. The highest BCUT2D eigenvalue weighted by Gasteiger charge is 2.37. The van der Waals surface area contributed by atoms with Gasteiger partial charge in [-0.1, -0.05) is 53.8 Å². The zero-order valence-corrected chi connectivity index (χ0v) is 19.9. The van der Waals surface area contributed by atoms with Crippen molar-refractivity contribution in [2.45, 2.75) is 37.5 Å². The van der Waals surface area contributed by atoms with Gasteiger partial charge in [-0.25, -0.2) is 4.39 Å². The summed E-state index contributed by atoms with van der Waals surface area (Å²) in [5, 5.41) is 27.3. The highest BCUT2D eigenvalue weighted by molar-refractivity contribution is 7.16. The minimum absolute atomic E-state index is 0.00531. The zero-order valence-electron chi connectivity index (χ0n) is 19.1. The van der Waals surface area contributed by atoms with Crippen LogP contribution < -0.4 is 15.5 Å². The number of nitrogens with one attached hydrogen (secondary N) is 3. The standard InChI is InChI=1S/C27H28FN3O3S/c28-19-7-5-18(6-8-19)21-13-22(21)30-14-17-3-1-16(2-4-17)11-12-29-15-24(33)20-9-10-23(32)25-26(20)35-27(34)31-25/h1-10,21-22,24,29-30,32-33H,11-15H2,(H,31,34)/t21-,22+,24-/m0/s1. The van der Waals surface area contributed by atoms with Crippen molar-refractivity contribution in [2.24, 2.45) is 0 Å². The van der Waals surface area contributed by atoms with Crippen molar-refractivity contribution in [2.75, 3.05) is 13.1 Å². The molecule has 0 amide bonds. The number of rotatable bonds is 10. The molecule has 0 aliphatic heterocycles. The van der Waals surface area contributed by atoms with Gasteiger partial charge in [0.05, 0.1) is 10.8 Å². The highest BCUT2D eigenvalue weighted by Crippen LogP contribution is 2.40. The number of thiazole rings is 1. The van der Waals surface area contributed by atoms with Gasteiger partial charge in [0.2, 0.25) is 0 Å². The fourth-order valence-electron chi connectivity index (χ4n) is 4.45. The molecule has 0 radical (unpaired) electrons. The minimum atomic E-state index is -0.779. The normalized spacial score (nSPS) is 18.1. The number of aliphatic hydroxyl groups is 1. The average Bonchev–Trinajstić information content (AvgIpc) is 3.52. The lowest BCUT2D eigenvalue weighted by atomic mass is 10.1. The Kier molecular flexibility index (Phi) is 6.97. The Morgan fingerprint density at radius 3 is 2.57 bits per heavy atom. The number of fused-ring (bicyclic) bond motifs is 1. The van der Waals surface area contributed by atoms with Gasteiger partial charge in [0, 0.05) is 30.6 Å². The van der Waals surface area contributed by atoms with Crippen LogP contribution in [0, 0.1) is 5.82 Å². The number of aromatic hydroxyl groups is 1. The summed E-state index contributed by atoms with van der Waals surface area (Å²) in [5.74, 6) is 0.278. The van der Waals surface area contributed by atoms with Crippen LogP contribution in [0.1, 0.15) is 40.7 Å². The number of hydrogen-bond donors (Lipinski definition) is 5. The van der Waals surface area contributed by atoms with Gasteiger partial charge in [0.15, 0.2) is 0 Å². The van der Waals surface area contributed by atoms with Gasteiger partial charge in [0.1, 0.15) is 17.1 Å². The molecule has 4 aromatic rings. The molecule has 5 rings (SSSR count). The lowest BCUT2D eigenvalue weighted by molar-refractivity contribution is 0.176. The number of hydrogen-bond acceptors (Lipinski definition) is 6. The number of halogens is 1. The van der Waals surface area contributed by atoms with E-state index in [-0.39, 0.29) is 16.4 Å². The van der Waals surface area contributed by atoms with Gasteiger partial charge in [-0.15, -0.1) is 0 Å². The Balaban J connectivity index is 1.05. The van der Waals surface area contributed by atoms with Crippen LogP contribution in [0.5, 0.6) is 5.75 Å². The number of H-pyrrole nitrogens is 1. The van der Waals surface area contributed by atoms with Crippen molar-refractivity contribution in [3.8, 4) is 5.75 Å². The lowest BCUT2D eigenvalue weighted by Gasteiger charge is -2.13. The molecule has 8 heteroatoms. The molecule has 0 saturated heterocycles.